The molecule has 16 heavy (non-hydrogen) atoms. The van der Waals surface area contributed by atoms with Crippen LogP contribution in [-0.2, 0) is 6.61 Å². The Morgan fingerprint density at radius 2 is 2.00 bits per heavy atom. The van der Waals surface area contributed by atoms with Gasteiger partial charge in [0.05, 0.1) is 6.61 Å². The van der Waals surface area contributed by atoms with E-state index in [9.17, 15) is 0 Å². The molecule has 2 aromatic heterocycles. The van der Waals surface area contributed by atoms with Crippen LogP contribution in [0, 0.1) is 20.8 Å². The van der Waals surface area contributed by atoms with E-state index in [2.05, 4.69) is 20.1 Å². The van der Waals surface area contributed by atoms with Crippen molar-refractivity contribution >= 4 is 0 Å². The zero-order chi connectivity index (χ0) is 11.7. The van der Waals surface area contributed by atoms with Crippen LogP contribution in [0.5, 0.6) is 0 Å². The first kappa shape index (κ1) is 10.7. The van der Waals surface area contributed by atoms with Gasteiger partial charge in [-0.05, 0) is 20.8 Å². The van der Waals surface area contributed by atoms with Gasteiger partial charge in [0.2, 0.25) is 0 Å². The summed E-state index contributed by atoms with van der Waals surface area (Å²) in [5.74, 6) is 1.91. The maximum atomic E-state index is 9.02. The number of aliphatic hydroxyl groups excluding tert-OH is 1. The third kappa shape index (κ3) is 1.79. The van der Waals surface area contributed by atoms with Gasteiger partial charge in [0.15, 0.2) is 0 Å². The van der Waals surface area contributed by atoms with Gasteiger partial charge in [0.1, 0.15) is 11.6 Å². The molecule has 6 heteroatoms. The van der Waals surface area contributed by atoms with Gasteiger partial charge >= 0.3 is 0 Å². The van der Waals surface area contributed by atoms with E-state index in [4.69, 9.17) is 5.11 Å². The van der Waals surface area contributed by atoms with E-state index in [1.165, 1.54) is 0 Å². The van der Waals surface area contributed by atoms with Crippen molar-refractivity contribution in [3.63, 3.8) is 0 Å². The molecule has 0 aliphatic rings. The van der Waals surface area contributed by atoms with Gasteiger partial charge in [-0.15, -0.1) is 5.10 Å². The van der Waals surface area contributed by atoms with Crippen LogP contribution in [0.4, 0.5) is 0 Å². The summed E-state index contributed by atoms with van der Waals surface area (Å²) in [6, 6.07) is 0. The molecule has 1 N–H and O–H groups in total. The lowest BCUT2D eigenvalue weighted by Gasteiger charge is -2.04. The molecular formula is C10H13N5O. The fourth-order valence-electron chi connectivity index (χ4n) is 1.45. The van der Waals surface area contributed by atoms with Crippen LogP contribution >= 0.6 is 0 Å². The Hall–Kier alpha value is -1.82. The molecule has 2 rings (SSSR count). The first-order valence-corrected chi connectivity index (χ1v) is 4.96. The van der Waals surface area contributed by atoms with Crippen LogP contribution in [-0.4, -0.2) is 29.8 Å². The summed E-state index contributed by atoms with van der Waals surface area (Å²) in [5.41, 5.74) is 1.47. The van der Waals surface area contributed by atoms with E-state index in [-0.39, 0.29) is 6.61 Å². The normalized spacial score (nSPS) is 10.8. The standard InChI is InChI=1S/C10H13N5O/c1-6-9(5-16)4-11-10(12-6)15-8(3)13-7(2)14-15/h4,16H,5H2,1-3H3. The first-order chi connectivity index (χ1) is 7.61. The van der Waals surface area contributed by atoms with Crippen molar-refractivity contribution in [2.75, 3.05) is 0 Å². The lowest BCUT2D eigenvalue weighted by molar-refractivity contribution is 0.280. The molecule has 0 aliphatic heterocycles. The fourth-order valence-corrected chi connectivity index (χ4v) is 1.45. The van der Waals surface area contributed by atoms with Crippen molar-refractivity contribution in [1.82, 2.24) is 24.7 Å². The average molecular weight is 219 g/mol. The van der Waals surface area contributed by atoms with Crippen molar-refractivity contribution in [3.05, 3.63) is 29.1 Å². The quantitative estimate of drug-likeness (QED) is 0.794. The number of rotatable bonds is 2. The summed E-state index contributed by atoms with van der Waals surface area (Å²) in [7, 11) is 0. The van der Waals surface area contributed by atoms with Crippen LogP contribution in [0.2, 0.25) is 0 Å². The van der Waals surface area contributed by atoms with Gasteiger partial charge in [-0.25, -0.2) is 15.0 Å². The summed E-state index contributed by atoms with van der Waals surface area (Å²) in [4.78, 5) is 12.6. The molecule has 0 radical (unpaired) electrons. The summed E-state index contributed by atoms with van der Waals surface area (Å²) < 4.78 is 1.59. The van der Waals surface area contributed by atoms with E-state index >= 15 is 0 Å². The van der Waals surface area contributed by atoms with Crippen LogP contribution < -0.4 is 0 Å². The first-order valence-electron chi connectivity index (χ1n) is 4.96. The van der Waals surface area contributed by atoms with Crippen LogP contribution in [0.25, 0.3) is 5.95 Å². The third-order valence-corrected chi connectivity index (χ3v) is 2.30. The summed E-state index contributed by atoms with van der Waals surface area (Å²) >= 11 is 0. The summed E-state index contributed by atoms with van der Waals surface area (Å²) in [5, 5.41) is 13.2. The zero-order valence-electron chi connectivity index (χ0n) is 9.47. The van der Waals surface area contributed by atoms with Gasteiger partial charge < -0.3 is 5.11 Å². The lowest BCUT2D eigenvalue weighted by Crippen LogP contribution is -2.07. The van der Waals surface area contributed by atoms with Crippen molar-refractivity contribution in [2.45, 2.75) is 27.4 Å². The number of nitrogens with zero attached hydrogens (tertiary/aromatic N) is 5. The minimum atomic E-state index is -0.0541. The van der Waals surface area contributed by atoms with Gasteiger partial charge in [-0.1, -0.05) is 0 Å². The number of hydrogen-bond donors (Lipinski definition) is 1. The second kappa shape index (κ2) is 3.97. The van der Waals surface area contributed by atoms with Crippen molar-refractivity contribution in [3.8, 4) is 5.95 Å². The Morgan fingerprint density at radius 3 is 2.50 bits per heavy atom. The molecule has 0 amide bonds. The molecule has 0 saturated carbocycles. The van der Waals surface area contributed by atoms with Crippen LogP contribution in [0.3, 0.4) is 0 Å². The van der Waals surface area contributed by atoms with Crippen molar-refractivity contribution in [2.24, 2.45) is 0 Å². The van der Waals surface area contributed by atoms with E-state index in [1.54, 1.807) is 10.9 Å². The van der Waals surface area contributed by atoms with Crippen molar-refractivity contribution in [1.29, 1.82) is 0 Å². The Labute approximate surface area is 93.0 Å². The molecule has 2 heterocycles. The smallest absolute Gasteiger partial charge is 0.252 e. The molecule has 6 nitrogen and oxygen atoms in total. The van der Waals surface area contributed by atoms with Gasteiger partial charge in [0.25, 0.3) is 5.95 Å². The molecule has 0 unspecified atom stereocenters. The van der Waals surface area contributed by atoms with Gasteiger partial charge in [-0.2, -0.15) is 4.68 Å². The monoisotopic (exact) mass is 219 g/mol. The molecule has 0 bridgehead atoms. The van der Waals surface area contributed by atoms with Gasteiger partial charge in [0, 0.05) is 17.5 Å². The average Bonchev–Trinajstić information content (AvgIpc) is 2.58. The Kier molecular flexibility index (Phi) is 2.66. The highest BCUT2D eigenvalue weighted by molar-refractivity contribution is 5.21. The minimum absolute atomic E-state index is 0.0541. The highest BCUT2D eigenvalue weighted by atomic mass is 16.3. The van der Waals surface area contributed by atoms with Crippen molar-refractivity contribution < 1.29 is 5.11 Å². The molecule has 0 aliphatic carbocycles. The maximum Gasteiger partial charge on any atom is 0.252 e. The summed E-state index contributed by atoms with van der Waals surface area (Å²) in [6.07, 6.45) is 1.61. The number of hydrogen-bond acceptors (Lipinski definition) is 5. The molecular weight excluding hydrogens is 206 g/mol. The van der Waals surface area contributed by atoms with Gasteiger partial charge in [-0.3, -0.25) is 0 Å². The minimum Gasteiger partial charge on any atom is -0.392 e. The maximum absolute atomic E-state index is 9.02. The molecule has 0 spiro atoms. The molecule has 84 valence electrons. The van der Waals surface area contributed by atoms with Crippen LogP contribution in [0.1, 0.15) is 22.9 Å². The topological polar surface area (TPSA) is 76.7 Å². The number of aliphatic hydroxyl groups is 1. The zero-order valence-corrected chi connectivity index (χ0v) is 9.47. The highest BCUT2D eigenvalue weighted by Crippen LogP contribution is 2.08. The number of aryl methyl sites for hydroxylation is 3. The van der Waals surface area contributed by atoms with E-state index < -0.39 is 0 Å². The predicted octanol–water partition coefficient (Wildman–Crippen LogP) is 0.475. The fraction of sp³-hybridized carbons (Fsp3) is 0.400. The van der Waals surface area contributed by atoms with E-state index in [0.717, 1.165) is 17.1 Å². The second-order valence-electron chi connectivity index (χ2n) is 3.56. The molecule has 0 atom stereocenters. The van der Waals surface area contributed by atoms with E-state index in [0.29, 0.717) is 11.8 Å². The van der Waals surface area contributed by atoms with Crippen LogP contribution in [0.15, 0.2) is 6.20 Å². The molecule has 2 aromatic rings. The second-order valence-corrected chi connectivity index (χ2v) is 3.56. The molecule has 0 fully saturated rings. The largest absolute Gasteiger partial charge is 0.392 e. The Morgan fingerprint density at radius 1 is 1.25 bits per heavy atom. The van der Waals surface area contributed by atoms with E-state index in [1.807, 2.05) is 20.8 Å². The predicted molar refractivity (Wildman–Crippen MR) is 57.1 cm³/mol. The number of aromatic nitrogens is 5. The Bertz CT molecular complexity index is 520. The summed E-state index contributed by atoms with van der Waals surface area (Å²) in [6.45, 7) is 5.44. The Balaban J connectivity index is 2.49. The lowest BCUT2D eigenvalue weighted by atomic mass is 10.3. The molecule has 0 saturated heterocycles. The third-order valence-electron chi connectivity index (χ3n) is 2.30. The molecule has 0 aromatic carbocycles. The highest BCUT2D eigenvalue weighted by Gasteiger charge is 2.09. The SMILES string of the molecule is Cc1nc(C)n(-c2ncc(CO)c(C)n2)n1.